The van der Waals surface area contributed by atoms with Crippen LogP contribution in [0.2, 0.25) is 5.02 Å². The first-order valence-corrected chi connectivity index (χ1v) is 8.84. The van der Waals surface area contributed by atoms with Gasteiger partial charge in [0, 0.05) is 35.8 Å². The van der Waals surface area contributed by atoms with Crippen molar-refractivity contribution in [1.82, 2.24) is 15.3 Å². The third kappa shape index (κ3) is 4.88. The van der Waals surface area contributed by atoms with Gasteiger partial charge in [0.2, 0.25) is 0 Å². The number of alkyl halides is 3. The zero-order valence-electron chi connectivity index (χ0n) is 14.6. The number of halogens is 4. The molecule has 1 amide bonds. The van der Waals surface area contributed by atoms with E-state index in [1.165, 1.54) is 6.92 Å². The van der Waals surface area contributed by atoms with Gasteiger partial charge in [-0.05, 0) is 38.0 Å². The standard InChI is InChI=1S/C18H18ClF3N4O/c1-11-23-15(18(20,21)22)10-16(24-11)26-7-5-14(6-8-26)25-17(27)12-3-2-4-13(19)9-12/h2-4,9-10,14H,5-8H2,1H3,(H,25,27). The molecule has 1 aromatic carbocycles. The maximum Gasteiger partial charge on any atom is 0.433 e. The number of piperidine rings is 1. The van der Waals surface area contributed by atoms with E-state index in [0.29, 0.717) is 36.5 Å². The fourth-order valence-electron chi connectivity index (χ4n) is 3.01. The molecular weight excluding hydrogens is 381 g/mol. The summed E-state index contributed by atoms with van der Waals surface area (Å²) in [5.41, 5.74) is -0.465. The average molecular weight is 399 g/mol. The van der Waals surface area contributed by atoms with Crippen molar-refractivity contribution < 1.29 is 18.0 Å². The summed E-state index contributed by atoms with van der Waals surface area (Å²) < 4.78 is 38.8. The Kier molecular flexibility index (Phi) is 5.55. The maximum absolute atomic E-state index is 12.9. The molecule has 0 aliphatic carbocycles. The van der Waals surface area contributed by atoms with Crippen LogP contribution in [0.3, 0.4) is 0 Å². The second-order valence-electron chi connectivity index (χ2n) is 6.40. The lowest BCUT2D eigenvalue weighted by Gasteiger charge is -2.33. The molecule has 1 N–H and O–H groups in total. The molecule has 0 radical (unpaired) electrons. The number of amides is 1. The second kappa shape index (κ2) is 7.72. The number of carbonyl (C=O) groups excluding carboxylic acids is 1. The van der Waals surface area contributed by atoms with Crippen LogP contribution in [0.5, 0.6) is 0 Å². The molecule has 1 aliphatic heterocycles. The fraction of sp³-hybridized carbons (Fsp3) is 0.389. The molecule has 27 heavy (non-hydrogen) atoms. The number of hydrogen-bond donors (Lipinski definition) is 1. The van der Waals surface area contributed by atoms with Crippen LogP contribution in [0.4, 0.5) is 19.0 Å². The lowest BCUT2D eigenvalue weighted by Crippen LogP contribution is -2.45. The molecule has 1 aliphatic rings. The molecule has 2 aromatic rings. The summed E-state index contributed by atoms with van der Waals surface area (Å²) in [6.07, 6.45) is -3.29. The van der Waals surface area contributed by atoms with E-state index in [9.17, 15) is 18.0 Å². The summed E-state index contributed by atoms with van der Waals surface area (Å²) in [5.74, 6) is 0.124. The van der Waals surface area contributed by atoms with E-state index in [1.807, 2.05) is 0 Å². The molecule has 3 rings (SSSR count). The van der Waals surface area contributed by atoms with Crippen LogP contribution in [0.25, 0.3) is 0 Å². The van der Waals surface area contributed by atoms with Gasteiger partial charge in [0.05, 0.1) is 0 Å². The van der Waals surface area contributed by atoms with Crippen molar-refractivity contribution in [1.29, 1.82) is 0 Å². The number of carbonyl (C=O) groups is 1. The number of rotatable bonds is 3. The van der Waals surface area contributed by atoms with Crippen molar-refractivity contribution in [3.63, 3.8) is 0 Å². The predicted molar refractivity (Wildman–Crippen MR) is 95.9 cm³/mol. The molecule has 1 aromatic heterocycles. The highest BCUT2D eigenvalue weighted by atomic mass is 35.5. The van der Waals surface area contributed by atoms with Gasteiger partial charge in [-0.1, -0.05) is 17.7 Å². The first-order chi connectivity index (χ1) is 12.7. The van der Waals surface area contributed by atoms with Crippen molar-refractivity contribution in [3.8, 4) is 0 Å². The fourth-order valence-corrected chi connectivity index (χ4v) is 3.20. The number of nitrogens with one attached hydrogen (secondary N) is 1. The van der Waals surface area contributed by atoms with Gasteiger partial charge in [0.15, 0.2) is 0 Å². The Morgan fingerprint density at radius 2 is 1.93 bits per heavy atom. The van der Waals surface area contributed by atoms with Crippen LogP contribution in [0.15, 0.2) is 30.3 Å². The van der Waals surface area contributed by atoms with Gasteiger partial charge >= 0.3 is 6.18 Å². The molecule has 0 spiro atoms. The molecular formula is C18H18ClF3N4O. The van der Waals surface area contributed by atoms with Gasteiger partial charge in [-0.25, -0.2) is 9.97 Å². The summed E-state index contributed by atoms with van der Waals surface area (Å²) in [6.45, 7) is 2.43. The average Bonchev–Trinajstić information content (AvgIpc) is 2.61. The number of aryl methyl sites for hydroxylation is 1. The number of aromatic nitrogens is 2. The van der Waals surface area contributed by atoms with Crippen molar-refractivity contribution in [2.24, 2.45) is 0 Å². The minimum atomic E-state index is -4.51. The molecule has 2 heterocycles. The van der Waals surface area contributed by atoms with Gasteiger partial charge in [-0.15, -0.1) is 0 Å². The molecule has 0 bridgehead atoms. The van der Waals surface area contributed by atoms with E-state index in [-0.39, 0.29) is 23.6 Å². The van der Waals surface area contributed by atoms with Crippen molar-refractivity contribution >= 4 is 23.3 Å². The monoisotopic (exact) mass is 398 g/mol. The quantitative estimate of drug-likeness (QED) is 0.853. The number of benzene rings is 1. The summed E-state index contributed by atoms with van der Waals surface area (Å²) in [7, 11) is 0. The lowest BCUT2D eigenvalue weighted by molar-refractivity contribution is -0.141. The van der Waals surface area contributed by atoms with Gasteiger partial charge < -0.3 is 10.2 Å². The van der Waals surface area contributed by atoms with Crippen LogP contribution < -0.4 is 10.2 Å². The Balaban J connectivity index is 1.62. The maximum atomic E-state index is 12.9. The Hall–Kier alpha value is -2.35. The third-order valence-corrected chi connectivity index (χ3v) is 4.59. The minimum Gasteiger partial charge on any atom is -0.356 e. The van der Waals surface area contributed by atoms with Gasteiger partial charge in [-0.2, -0.15) is 13.2 Å². The van der Waals surface area contributed by atoms with Gasteiger partial charge in [0.1, 0.15) is 17.3 Å². The molecule has 1 fully saturated rings. The number of nitrogens with zero attached hydrogens (tertiary/aromatic N) is 3. The zero-order chi connectivity index (χ0) is 19.6. The van der Waals surface area contributed by atoms with E-state index in [0.717, 1.165) is 6.07 Å². The van der Waals surface area contributed by atoms with E-state index >= 15 is 0 Å². The Labute approximate surface area is 159 Å². The molecule has 9 heteroatoms. The predicted octanol–water partition coefficient (Wildman–Crippen LogP) is 3.86. The third-order valence-electron chi connectivity index (χ3n) is 4.36. The summed E-state index contributed by atoms with van der Waals surface area (Å²) in [4.78, 5) is 21.7. The molecule has 1 saturated heterocycles. The number of anilines is 1. The summed E-state index contributed by atoms with van der Waals surface area (Å²) in [6, 6.07) is 7.58. The Morgan fingerprint density at radius 3 is 2.56 bits per heavy atom. The highest BCUT2D eigenvalue weighted by Gasteiger charge is 2.34. The van der Waals surface area contributed by atoms with Crippen molar-refractivity contribution in [3.05, 3.63) is 52.4 Å². The largest absolute Gasteiger partial charge is 0.433 e. The molecule has 5 nitrogen and oxygen atoms in total. The molecule has 0 saturated carbocycles. The van der Waals surface area contributed by atoms with E-state index in [4.69, 9.17) is 11.6 Å². The van der Waals surface area contributed by atoms with Crippen LogP contribution in [-0.2, 0) is 6.18 Å². The Morgan fingerprint density at radius 1 is 1.22 bits per heavy atom. The van der Waals surface area contributed by atoms with E-state index in [2.05, 4.69) is 15.3 Å². The summed E-state index contributed by atoms with van der Waals surface area (Å²) >= 11 is 5.90. The molecule has 0 unspecified atom stereocenters. The highest BCUT2D eigenvalue weighted by Crippen LogP contribution is 2.30. The first-order valence-electron chi connectivity index (χ1n) is 8.46. The highest BCUT2D eigenvalue weighted by molar-refractivity contribution is 6.30. The minimum absolute atomic E-state index is 0.0576. The van der Waals surface area contributed by atoms with Crippen molar-refractivity contribution in [2.75, 3.05) is 18.0 Å². The van der Waals surface area contributed by atoms with Crippen LogP contribution in [0.1, 0.15) is 34.7 Å². The lowest BCUT2D eigenvalue weighted by atomic mass is 10.0. The second-order valence-corrected chi connectivity index (χ2v) is 6.84. The van der Waals surface area contributed by atoms with Gasteiger partial charge in [-0.3, -0.25) is 4.79 Å². The van der Waals surface area contributed by atoms with Crippen LogP contribution in [-0.4, -0.2) is 35.0 Å². The Bertz CT molecular complexity index is 836. The van der Waals surface area contributed by atoms with Crippen LogP contribution in [0, 0.1) is 6.92 Å². The van der Waals surface area contributed by atoms with E-state index in [1.54, 1.807) is 29.2 Å². The normalized spacial score (nSPS) is 15.7. The zero-order valence-corrected chi connectivity index (χ0v) is 15.3. The topological polar surface area (TPSA) is 58.1 Å². The smallest absolute Gasteiger partial charge is 0.356 e. The van der Waals surface area contributed by atoms with Gasteiger partial charge in [0.25, 0.3) is 5.91 Å². The SMILES string of the molecule is Cc1nc(N2CCC(NC(=O)c3cccc(Cl)c3)CC2)cc(C(F)(F)F)n1. The van der Waals surface area contributed by atoms with Crippen molar-refractivity contribution in [2.45, 2.75) is 32.0 Å². The first kappa shape index (κ1) is 19.4. The summed E-state index contributed by atoms with van der Waals surface area (Å²) in [5, 5.41) is 3.43. The van der Waals surface area contributed by atoms with Crippen LogP contribution >= 0.6 is 11.6 Å². The molecule has 144 valence electrons. The molecule has 0 atom stereocenters. The number of hydrogen-bond acceptors (Lipinski definition) is 4. The van der Waals surface area contributed by atoms with E-state index < -0.39 is 11.9 Å².